The molecule has 0 atom stereocenters. The van der Waals surface area contributed by atoms with Crippen LogP contribution in [0, 0.1) is 0 Å². The Kier molecular flexibility index (Phi) is 3.24. The third-order valence-electron chi connectivity index (χ3n) is 2.83. The summed E-state index contributed by atoms with van der Waals surface area (Å²) in [7, 11) is 0. The van der Waals surface area contributed by atoms with Crippen LogP contribution in [0.3, 0.4) is 0 Å². The summed E-state index contributed by atoms with van der Waals surface area (Å²) in [6.45, 7) is 0. The molecule has 0 N–H and O–H groups in total. The predicted molar refractivity (Wildman–Crippen MR) is 65.5 cm³/mol. The van der Waals surface area contributed by atoms with Crippen molar-refractivity contribution in [3.05, 3.63) is 70.8 Å². The van der Waals surface area contributed by atoms with E-state index in [1.807, 2.05) is 0 Å². The maximum atomic E-state index is 12.1. The fraction of sp³-hybridized carbons (Fsp3) is 0. The summed E-state index contributed by atoms with van der Waals surface area (Å²) in [5, 5.41) is 0. The molecule has 2 nitrogen and oxygen atoms in total. The van der Waals surface area contributed by atoms with Gasteiger partial charge in [0.1, 0.15) is 0 Å². The molecule has 1 aliphatic rings. The van der Waals surface area contributed by atoms with Gasteiger partial charge in [-0.1, -0.05) is 48.5 Å². The molecule has 0 saturated heterocycles. The van der Waals surface area contributed by atoms with Gasteiger partial charge in [0.05, 0.1) is 0 Å². The Morgan fingerprint density at radius 1 is 0.529 bits per heavy atom. The maximum absolute atomic E-state index is 12.1. The number of hydrogen-bond acceptors (Lipinski definition) is 2. The number of hydrogen-bond donors (Lipinski definition) is 0. The molecule has 0 heterocycles. The molecule has 3 rings (SSSR count). The number of benzene rings is 2. The second-order valence-corrected chi connectivity index (χ2v) is 3.75. The first-order valence-electron chi connectivity index (χ1n) is 5.06. The largest absolute Gasteiger partial charge is 0.289 e. The number of carbonyl (C=O) groups excluding carboxylic acids is 2. The van der Waals surface area contributed by atoms with Gasteiger partial charge >= 0.3 is 0 Å². The van der Waals surface area contributed by atoms with E-state index in [1.165, 1.54) is 0 Å². The van der Waals surface area contributed by atoms with Gasteiger partial charge in [0.2, 0.25) is 0 Å². The van der Waals surface area contributed by atoms with E-state index < -0.39 is 0 Å². The van der Waals surface area contributed by atoms with Crippen LogP contribution in [0.4, 0.5) is 0 Å². The van der Waals surface area contributed by atoms with Crippen molar-refractivity contribution in [2.75, 3.05) is 0 Å². The van der Waals surface area contributed by atoms with E-state index in [0.29, 0.717) is 22.3 Å². The quantitative estimate of drug-likeness (QED) is 0.527. The van der Waals surface area contributed by atoms with E-state index >= 15 is 0 Å². The van der Waals surface area contributed by atoms with Gasteiger partial charge in [-0.3, -0.25) is 9.59 Å². The molecule has 0 amide bonds. The molecular weight excluding hydrogens is 407 g/mol. The Labute approximate surface area is 119 Å². The fourth-order valence-corrected chi connectivity index (χ4v) is 2.05. The van der Waals surface area contributed by atoms with E-state index in [9.17, 15) is 9.59 Å². The Hall–Kier alpha value is -1.30. The third kappa shape index (κ3) is 1.76. The summed E-state index contributed by atoms with van der Waals surface area (Å²) in [5.74, 6) is -0.128. The van der Waals surface area contributed by atoms with Gasteiger partial charge in [-0.15, -0.1) is 0 Å². The Morgan fingerprint density at radius 3 is 1.00 bits per heavy atom. The minimum absolute atomic E-state index is 0. The van der Waals surface area contributed by atoms with E-state index in [0.717, 1.165) is 0 Å². The Balaban J connectivity index is 0.00000108. The first-order chi connectivity index (χ1) is 7.79. The van der Waals surface area contributed by atoms with Crippen LogP contribution in [0.2, 0.25) is 0 Å². The molecule has 0 unspecified atom stereocenters. The van der Waals surface area contributed by atoms with Gasteiger partial charge in [-0.05, 0) is 0 Å². The first kappa shape index (κ1) is 12.2. The summed E-state index contributed by atoms with van der Waals surface area (Å²) < 4.78 is 0. The molecule has 2 aromatic carbocycles. The summed E-state index contributed by atoms with van der Waals surface area (Å²) in [5.41, 5.74) is 2.02. The molecule has 3 heteroatoms. The third-order valence-corrected chi connectivity index (χ3v) is 2.83. The van der Waals surface area contributed by atoms with Crippen LogP contribution in [0.1, 0.15) is 31.8 Å². The van der Waals surface area contributed by atoms with Crippen molar-refractivity contribution >= 4 is 38.9 Å². The maximum Gasteiger partial charge on any atom is 0.194 e. The monoisotopic (exact) mass is 416 g/mol. The Morgan fingerprint density at radius 2 is 0.765 bits per heavy atom. The average Bonchev–Trinajstić information content (AvgIpc) is 2.36. The van der Waals surface area contributed by atoms with Crippen molar-refractivity contribution in [3.63, 3.8) is 0 Å². The van der Waals surface area contributed by atoms with Gasteiger partial charge < -0.3 is 0 Å². The van der Waals surface area contributed by atoms with Crippen molar-refractivity contribution in [1.29, 1.82) is 0 Å². The summed E-state index contributed by atoms with van der Waals surface area (Å²) >= 11 is 0. The molecule has 0 aliphatic heterocycles. The molecule has 80 valence electrons. The molecule has 0 spiro atoms. The van der Waals surface area contributed by atoms with E-state index in [4.69, 9.17) is 0 Å². The van der Waals surface area contributed by atoms with Gasteiger partial charge in [0, 0.05) is 49.6 Å². The van der Waals surface area contributed by atoms with E-state index in [-0.39, 0.29) is 38.9 Å². The van der Waals surface area contributed by atoms with Crippen LogP contribution >= 0.6 is 0 Å². The van der Waals surface area contributed by atoms with E-state index in [2.05, 4.69) is 0 Å². The zero-order valence-corrected chi connectivity index (χ0v) is 12.8. The summed E-state index contributed by atoms with van der Waals surface area (Å²) in [6, 6.07) is 13.9. The second-order valence-electron chi connectivity index (χ2n) is 3.75. The minimum Gasteiger partial charge on any atom is -0.289 e. The summed E-state index contributed by atoms with van der Waals surface area (Å²) in [6.07, 6.45) is 0. The molecule has 2 aromatic rings. The molecule has 0 saturated carbocycles. The molecular formula is C14H8O2Pb. The van der Waals surface area contributed by atoms with Gasteiger partial charge in [0.15, 0.2) is 11.6 Å². The topological polar surface area (TPSA) is 34.1 Å². The van der Waals surface area contributed by atoms with Gasteiger partial charge in [0.25, 0.3) is 0 Å². The van der Waals surface area contributed by atoms with Crippen molar-refractivity contribution in [2.45, 2.75) is 0 Å². The first-order valence-corrected chi connectivity index (χ1v) is 5.06. The number of rotatable bonds is 0. The molecule has 1 aliphatic carbocycles. The molecule has 0 bridgehead atoms. The van der Waals surface area contributed by atoms with Gasteiger partial charge in [-0.25, -0.2) is 0 Å². The van der Waals surface area contributed by atoms with E-state index in [1.54, 1.807) is 48.5 Å². The number of fused-ring (bicyclic) bond motifs is 2. The minimum atomic E-state index is -0.0641. The molecule has 0 fully saturated rings. The van der Waals surface area contributed by atoms with Gasteiger partial charge in [-0.2, -0.15) is 0 Å². The molecule has 0 aromatic heterocycles. The van der Waals surface area contributed by atoms with Crippen molar-refractivity contribution in [2.24, 2.45) is 0 Å². The fourth-order valence-electron chi connectivity index (χ4n) is 2.05. The van der Waals surface area contributed by atoms with Crippen LogP contribution < -0.4 is 0 Å². The number of ketones is 2. The zero-order valence-electron chi connectivity index (χ0n) is 8.94. The van der Waals surface area contributed by atoms with Crippen molar-refractivity contribution in [1.82, 2.24) is 0 Å². The normalized spacial score (nSPS) is 12.5. The van der Waals surface area contributed by atoms with Crippen molar-refractivity contribution in [3.8, 4) is 0 Å². The van der Waals surface area contributed by atoms with Crippen LogP contribution in [-0.2, 0) is 0 Å². The average molecular weight is 415 g/mol. The zero-order chi connectivity index (χ0) is 11.1. The van der Waals surface area contributed by atoms with Crippen LogP contribution in [0.5, 0.6) is 0 Å². The standard InChI is InChI=1S/C14H8O2.Pb/c15-13-9-5-1-2-6-10(9)14(16)12-8-4-3-7-11(12)13;/h1-8H;. The summed E-state index contributed by atoms with van der Waals surface area (Å²) in [4.78, 5) is 24.2. The second kappa shape index (κ2) is 4.52. The van der Waals surface area contributed by atoms with Crippen molar-refractivity contribution < 1.29 is 9.59 Å². The van der Waals surface area contributed by atoms with Crippen LogP contribution in [0.15, 0.2) is 48.5 Å². The molecule has 17 heavy (non-hydrogen) atoms. The van der Waals surface area contributed by atoms with Crippen LogP contribution in [0.25, 0.3) is 0 Å². The number of carbonyl (C=O) groups is 2. The molecule has 4 radical (unpaired) electrons. The predicted octanol–water partition coefficient (Wildman–Crippen LogP) is 2.08. The SMILES string of the molecule is O=C1c2ccccc2C(=O)c2ccccc21.[Pb]. The van der Waals surface area contributed by atoms with Crippen LogP contribution in [-0.4, -0.2) is 38.9 Å². The smallest absolute Gasteiger partial charge is 0.194 e. The Bertz CT molecular complexity index is 512.